The lowest BCUT2D eigenvalue weighted by Crippen LogP contribution is -2.19. The van der Waals surface area contributed by atoms with Crippen molar-refractivity contribution in [3.63, 3.8) is 0 Å². The number of thioether (sulfide) groups is 1. The third kappa shape index (κ3) is 3.75. The van der Waals surface area contributed by atoms with Crippen LogP contribution in [-0.4, -0.2) is 30.2 Å². The number of amides is 1. The van der Waals surface area contributed by atoms with Crippen LogP contribution in [0, 0.1) is 0 Å². The fourth-order valence-electron chi connectivity index (χ4n) is 1.63. The van der Waals surface area contributed by atoms with Gasteiger partial charge in [0.25, 0.3) is 0 Å². The number of hydrogen-bond acceptors (Lipinski definition) is 5. The molecule has 1 saturated heterocycles. The predicted molar refractivity (Wildman–Crippen MR) is 73.6 cm³/mol. The van der Waals surface area contributed by atoms with Crippen LogP contribution in [0.25, 0.3) is 0 Å². The Kier molecular flexibility index (Phi) is 4.51. The largest absolute Gasteiger partial charge is 0.495 e. The first-order chi connectivity index (χ1) is 9.91. The Balaban J connectivity index is 2.26. The molecule has 2 rings (SSSR count). The number of para-hydroxylation sites is 1. The van der Waals surface area contributed by atoms with Gasteiger partial charge in [0.15, 0.2) is 5.17 Å². The molecular weight excluding hydrogens is 307 g/mol. The minimum absolute atomic E-state index is 0.144. The Bertz CT molecular complexity index is 614. The number of nitrogens with zero attached hydrogens (tertiary/aromatic N) is 2. The predicted octanol–water partition coefficient (Wildman–Crippen LogP) is 2.27. The standard InChI is InChI=1S/C12H10F3N3O2S/c1-20-10-7(3-2-4-8(10)12(13,14)15)5-16-18-11-17-9(19)6-21-11/h2-5H,6H2,1H3,(H,17,18,19). The van der Waals surface area contributed by atoms with Crippen molar-refractivity contribution >= 4 is 29.1 Å². The molecule has 1 aromatic rings. The molecule has 1 aromatic carbocycles. The average molecular weight is 317 g/mol. The second-order valence-corrected chi connectivity index (χ2v) is 4.88. The third-order valence-electron chi connectivity index (χ3n) is 2.49. The molecule has 1 amide bonds. The zero-order chi connectivity index (χ0) is 15.5. The Morgan fingerprint density at radius 1 is 1.43 bits per heavy atom. The van der Waals surface area contributed by atoms with Crippen molar-refractivity contribution in [3.8, 4) is 5.75 Å². The molecule has 0 unspecified atom stereocenters. The Morgan fingerprint density at radius 3 is 2.76 bits per heavy atom. The fraction of sp³-hybridized carbons (Fsp3) is 0.250. The maximum atomic E-state index is 12.8. The van der Waals surface area contributed by atoms with Crippen LogP contribution in [0.5, 0.6) is 5.75 Å². The van der Waals surface area contributed by atoms with E-state index in [-0.39, 0.29) is 23.0 Å². The molecule has 1 heterocycles. The molecule has 9 heteroatoms. The number of carbonyl (C=O) groups is 1. The molecule has 0 saturated carbocycles. The number of hydrogen-bond donors (Lipinski definition) is 1. The van der Waals surface area contributed by atoms with Gasteiger partial charge in [0.1, 0.15) is 5.75 Å². The summed E-state index contributed by atoms with van der Waals surface area (Å²) in [5.74, 6) is -0.260. The number of benzene rings is 1. The van der Waals surface area contributed by atoms with Crippen LogP contribution in [0.3, 0.4) is 0 Å². The van der Waals surface area contributed by atoms with Gasteiger partial charge < -0.3 is 10.1 Å². The van der Waals surface area contributed by atoms with E-state index < -0.39 is 11.7 Å². The van der Waals surface area contributed by atoms with E-state index in [1.54, 1.807) is 0 Å². The molecule has 0 bridgehead atoms. The van der Waals surface area contributed by atoms with E-state index in [1.807, 2.05) is 0 Å². The van der Waals surface area contributed by atoms with Gasteiger partial charge in [-0.2, -0.15) is 18.3 Å². The van der Waals surface area contributed by atoms with Crippen LogP contribution in [0.4, 0.5) is 13.2 Å². The minimum atomic E-state index is -4.52. The molecule has 0 spiro atoms. The van der Waals surface area contributed by atoms with Gasteiger partial charge in [-0.15, -0.1) is 5.10 Å². The monoisotopic (exact) mass is 317 g/mol. The molecule has 1 aliphatic heterocycles. The summed E-state index contributed by atoms with van der Waals surface area (Å²) in [5.41, 5.74) is -0.740. The Morgan fingerprint density at radius 2 is 2.19 bits per heavy atom. The van der Waals surface area contributed by atoms with Crippen molar-refractivity contribution in [2.75, 3.05) is 12.9 Å². The topological polar surface area (TPSA) is 63.1 Å². The van der Waals surface area contributed by atoms with Crippen molar-refractivity contribution in [2.45, 2.75) is 6.18 Å². The highest BCUT2D eigenvalue weighted by Crippen LogP contribution is 2.37. The summed E-state index contributed by atoms with van der Waals surface area (Å²) < 4.78 is 43.3. The summed E-state index contributed by atoms with van der Waals surface area (Å²) in [7, 11) is 1.15. The number of carbonyl (C=O) groups excluding carboxylic acids is 1. The van der Waals surface area contributed by atoms with Crippen molar-refractivity contribution < 1.29 is 22.7 Å². The van der Waals surface area contributed by atoms with E-state index in [9.17, 15) is 18.0 Å². The van der Waals surface area contributed by atoms with Crippen LogP contribution in [0.2, 0.25) is 0 Å². The number of amidine groups is 1. The second-order valence-electron chi connectivity index (χ2n) is 3.91. The van der Waals surface area contributed by atoms with Crippen molar-refractivity contribution in [3.05, 3.63) is 29.3 Å². The lowest BCUT2D eigenvalue weighted by Gasteiger charge is -2.13. The number of rotatable bonds is 3. The van der Waals surface area contributed by atoms with Gasteiger partial charge in [0.2, 0.25) is 5.91 Å². The van der Waals surface area contributed by atoms with Crippen LogP contribution in [0.1, 0.15) is 11.1 Å². The number of alkyl halides is 3. The molecule has 112 valence electrons. The summed E-state index contributed by atoms with van der Waals surface area (Å²) in [6, 6.07) is 3.61. The molecule has 5 nitrogen and oxygen atoms in total. The van der Waals surface area contributed by atoms with Gasteiger partial charge in [0, 0.05) is 5.56 Å². The molecule has 0 radical (unpaired) electrons. The summed E-state index contributed by atoms with van der Waals surface area (Å²) in [4.78, 5) is 10.9. The van der Waals surface area contributed by atoms with Gasteiger partial charge >= 0.3 is 6.18 Å². The molecular formula is C12H10F3N3O2S. The van der Waals surface area contributed by atoms with Crippen LogP contribution >= 0.6 is 11.8 Å². The highest BCUT2D eigenvalue weighted by atomic mass is 32.2. The molecule has 1 aliphatic rings. The SMILES string of the molecule is COc1c(C=NN=C2NC(=O)CS2)cccc1C(F)(F)F. The maximum Gasteiger partial charge on any atom is 0.419 e. The normalized spacial score (nSPS) is 17.5. The quantitative estimate of drug-likeness (QED) is 0.687. The zero-order valence-electron chi connectivity index (χ0n) is 10.8. The van der Waals surface area contributed by atoms with E-state index >= 15 is 0 Å². The highest BCUT2D eigenvalue weighted by molar-refractivity contribution is 8.15. The smallest absolute Gasteiger partial charge is 0.419 e. The summed E-state index contributed by atoms with van der Waals surface area (Å²) in [6.45, 7) is 0. The van der Waals surface area contributed by atoms with Gasteiger partial charge in [0.05, 0.1) is 24.6 Å². The first-order valence-corrected chi connectivity index (χ1v) is 6.68. The van der Waals surface area contributed by atoms with Gasteiger partial charge in [-0.05, 0) is 12.1 Å². The second kappa shape index (κ2) is 6.17. The lowest BCUT2D eigenvalue weighted by atomic mass is 10.1. The third-order valence-corrected chi connectivity index (χ3v) is 3.35. The number of ether oxygens (including phenoxy) is 1. The summed E-state index contributed by atoms with van der Waals surface area (Å²) in [6.07, 6.45) is -3.37. The first-order valence-electron chi connectivity index (χ1n) is 5.69. The van der Waals surface area contributed by atoms with Crippen molar-refractivity contribution in [1.29, 1.82) is 0 Å². The Hall–Kier alpha value is -2.03. The molecule has 1 fully saturated rings. The van der Waals surface area contributed by atoms with Crippen molar-refractivity contribution in [2.24, 2.45) is 10.2 Å². The van der Waals surface area contributed by atoms with E-state index in [1.165, 1.54) is 23.9 Å². The lowest BCUT2D eigenvalue weighted by molar-refractivity contribution is -0.138. The number of halogens is 3. The van der Waals surface area contributed by atoms with Crippen LogP contribution in [0.15, 0.2) is 28.4 Å². The van der Waals surface area contributed by atoms with E-state index in [0.717, 1.165) is 19.4 Å². The summed E-state index contributed by atoms with van der Waals surface area (Å²) >= 11 is 1.17. The van der Waals surface area contributed by atoms with E-state index in [4.69, 9.17) is 4.74 Å². The van der Waals surface area contributed by atoms with E-state index in [0.29, 0.717) is 5.17 Å². The zero-order valence-corrected chi connectivity index (χ0v) is 11.6. The number of methoxy groups -OCH3 is 1. The highest BCUT2D eigenvalue weighted by Gasteiger charge is 2.34. The van der Waals surface area contributed by atoms with Crippen LogP contribution < -0.4 is 10.1 Å². The minimum Gasteiger partial charge on any atom is -0.495 e. The molecule has 1 N–H and O–H groups in total. The van der Waals surface area contributed by atoms with Gasteiger partial charge in [-0.25, -0.2) is 0 Å². The van der Waals surface area contributed by atoms with Gasteiger partial charge in [-0.1, -0.05) is 17.8 Å². The first kappa shape index (κ1) is 15.4. The Labute approximate surface area is 122 Å². The van der Waals surface area contributed by atoms with Gasteiger partial charge in [-0.3, -0.25) is 4.79 Å². The molecule has 21 heavy (non-hydrogen) atoms. The summed E-state index contributed by atoms with van der Waals surface area (Å²) in [5, 5.41) is 10.1. The maximum absolute atomic E-state index is 12.8. The molecule has 0 atom stereocenters. The van der Waals surface area contributed by atoms with E-state index in [2.05, 4.69) is 15.5 Å². The average Bonchev–Trinajstić information content (AvgIpc) is 2.83. The molecule has 0 aliphatic carbocycles. The van der Waals surface area contributed by atoms with Crippen LogP contribution in [-0.2, 0) is 11.0 Å². The molecule has 0 aromatic heterocycles. The van der Waals surface area contributed by atoms with Crippen molar-refractivity contribution in [1.82, 2.24) is 5.32 Å². The number of nitrogens with one attached hydrogen (secondary N) is 1. The fourth-order valence-corrected chi connectivity index (χ4v) is 2.26.